The lowest BCUT2D eigenvalue weighted by molar-refractivity contribution is 0.0930. The number of aliphatic hydroxyl groups excluding tert-OH is 1. The molecule has 0 aliphatic heterocycles. The smallest absolute Gasteiger partial charge is 0.253 e. The number of carbonyl (C=O) groups is 1. The molecule has 0 fully saturated rings. The molecule has 0 aromatic heterocycles. The fourth-order valence-electron chi connectivity index (χ4n) is 2.18. The van der Waals surface area contributed by atoms with Crippen LogP contribution in [0.4, 0.5) is 0 Å². The third kappa shape index (κ3) is 4.26. The molecule has 5 heteroatoms. The van der Waals surface area contributed by atoms with Crippen LogP contribution in [0.3, 0.4) is 0 Å². The minimum absolute atomic E-state index is 0.00156. The van der Waals surface area contributed by atoms with Gasteiger partial charge in [0.25, 0.3) is 5.91 Å². The summed E-state index contributed by atoms with van der Waals surface area (Å²) in [5.41, 5.74) is 1.41. The van der Waals surface area contributed by atoms with E-state index in [-0.39, 0.29) is 18.6 Å². The summed E-state index contributed by atoms with van der Waals surface area (Å²) in [6, 6.07) is 14.7. The van der Waals surface area contributed by atoms with Crippen molar-refractivity contribution in [2.45, 2.75) is 17.4 Å². The van der Waals surface area contributed by atoms with Crippen LogP contribution in [0.25, 0.3) is 0 Å². The molecule has 1 atom stereocenters. The van der Waals surface area contributed by atoms with Gasteiger partial charge in [-0.1, -0.05) is 41.9 Å². The molecule has 0 bridgehead atoms. The molecule has 1 amide bonds. The van der Waals surface area contributed by atoms with E-state index in [0.29, 0.717) is 17.0 Å². The Balaban J connectivity index is 2.21. The number of rotatable bonds is 6. The van der Waals surface area contributed by atoms with Gasteiger partial charge in [-0.05, 0) is 36.4 Å². The van der Waals surface area contributed by atoms with E-state index in [0.717, 1.165) is 10.5 Å². The van der Waals surface area contributed by atoms with Crippen molar-refractivity contribution in [1.82, 2.24) is 5.32 Å². The van der Waals surface area contributed by atoms with E-state index in [4.69, 9.17) is 11.6 Å². The molecule has 0 aliphatic carbocycles. The SMILES string of the molecule is CSc1ccc(Cl)c(C(=O)NC(CCO)c2ccccc2)c1. The lowest BCUT2D eigenvalue weighted by atomic mass is 10.0. The first-order chi connectivity index (χ1) is 10.7. The molecule has 0 saturated heterocycles. The van der Waals surface area contributed by atoms with Crippen molar-refractivity contribution >= 4 is 29.3 Å². The number of hydrogen-bond donors (Lipinski definition) is 2. The highest BCUT2D eigenvalue weighted by Gasteiger charge is 2.17. The Morgan fingerprint density at radius 3 is 2.64 bits per heavy atom. The molecular weight excluding hydrogens is 318 g/mol. The maximum atomic E-state index is 12.5. The van der Waals surface area contributed by atoms with E-state index in [1.165, 1.54) is 0 Å². The number of thioether (sulfide) groups is 1. The summed E-state index contributed by atoms with van der Waals surface area (Å²) in [4.78, 5) is 13.5. The average molecular weight is 336 g/mol. The summed E-state index contributed by atoms with van der Waals surface area (Å²) in [5.74, 6) is -0.233. The van der Waals surface area contributed by atoms with Crippen LogP contribution >= 0.6 is 23.4 Å². The molecule has 3 nitrogen and oxygen atoms in total. The quantitative estimate of drug-likeness (QED) is 0.787. The third-order valence-corrected chi connectivity index (χ3v) is 4.40. The van der Waals surface area contributed by atoms with Crippen LogP contribution in [-0.4, -0.2) is 23.9 Å². The summed E-state index contributed by atoms with van der Waals surface area (Å²) in [7, 11) is 0. The predicted molar refractivity (Wildman–Crippen MR) is 91.6 cm³/mol. The van der Waals surface area contributed by atoms with Gasteiger partial charge in [0.05, 0.1) is 16.6 Å². The van der Waals surface area contributed by atoms with Gasteiger partial charge in [-0.3, -0.25) is 4.79 Å². The van der Waals surface area contributed by atoms with E-state index in [1.807, 2.05) is 42.7 Å². The van der Waals surface area contributed by atoms with Gasteiger partial charge < -0.3 is 10.4 Å². The maximum absolute atomic E-state index is 12.5. The highest BCUT2D eigenvalue weighted by Crippen LogP contribution is 2.24. The van der Waals surface area contributed by atoms with Crippen molar-refractivity contribution in [3.05, 3.63) is 64.7 Å². The van der Waals surface area contributed by atoms with Crippen molar-refractivity contribution in [3.8, 4) is 0 Å². The van der Waals surface area contributed by atoms with Crippen molar-refractivity contribution in [3.63, 3.8) is 0 Å². The average Bonchev–Trinajstić information content (AvgIpc) is 2.55. The zero-order chi connectivity index (χ0) is 15.9. The van der Waals surface area contributed by atoms with E-state index in [9.17, 15) is 9.90 Å². The number of nitrogens with one attached hydrogen (secondary N) is 1. The Kier molecular flexibility index (Phi) is 6.31. The van der Waals surface area contributed by atoms with Crippen LogP contribution in [0.15, 0.2) is 53.4 Å². The van der Waals surface area contributed by atoms with Crippen molar-refractivity contribution in [2.75, 3.05) is 12.9 Å². The molecule has 0 aliphatic rings. The van der Waals surface area contributed by atoms with Gasteiger partial charge in [-0.2, -0.15) is 0 Å². The van der Waals surface area contributed by atoms with E-state index in [1.54, 1.807) is 23.9 Å². The lowest BCUT2D eigenvalue weighted by Crippen LogP contribution is -2.29. The molecular formula is C17H18ClNO2S. The van der Waals surface area contributed by atoms with Crippen LogP contribution in [0.1, 0.15) is 28.4 Å². The van der Waals surface area contributed by atoms with Gasteiger partial charge in [0.1, 0.15) is 0 Å². The second kappa shape index (κ2) is 8.22. The first-order valence-corrected chi connectivity index (χ1v) is 8.56. The number of carbonyl (C=O) groups excluding carboxylic acids is 1. The number of aliphatic hydroxyl groups is 1. The minimum atomic E-state index is -0.243. The molecule has 2 rings (SSSR count). The number of benzene rings is 2. The van der Waals surface area contributed by atoms with Gasteiger partial charge in [0.2, 0.25) is 0 Å². The van der Waals surface area contributed by atoms with Crippen LogP contribution < -0.4 is 5.32 Å². The fourth-order valence-corrected chi connectivity index (χ4v) is 2.82. The normalized spacial score (nSPS) is 12.0. The summed E-state index contributed by atoms with van der Waals surface area (Å²) in [6.07, 6.45) is 2.40. The van der Waals surface area contributed by atoms with E-state index >= 15 is 0 Å². The molecule has 2 N–H and O–H groups in total. The summed E-state index contributed by atoms with van der Waals surface area (Å²) in [6.45, 7) is -0.00156. The second-order valence-corrected chi connectivity index (χ2v) is 6.08. The first-order valence-electron chi connectivity index (χ1n) is 6.96. The predicted octanol–water partition coefficient (Wildman–Crippen LogP) is 3.92. The molecule has 116 valence electrons. The van der Waals surface area contributed by atoms with Gasteiger partial charge in [0, 0.05) is 11.5 Å². The Morgan fingerprint density at radius 2 is 2.00 bits per heavy atom. The van der Waals surface area contributed by atoms with E-state index in [2.05, 4.69) is 5.32 Å². The summed E-state index contributed by atoms with van der Waals surface area (Å²) in [5, 5.41) is 12.6. The Hall–Kier alpha value is -1.49. The molecule has 0 radical (unpaired) electrons. The number of halogens is 1. The maximum Gasteiger partial charge on any atom is 0.253 e. The van der Waals surface area contributed by atoms with Crippen molar-refractivity contribution in [1.29, 1.82) is 0 Å². The second-order valence-electron chi connectivity index (χ2n) is 4.79. The van der Waals surface area contributed by atoms with Crippen LogP contribution in [0.2, 0.25) is 5.02 Å². The van der Waals surface area contributed by atoms with Gasteiger partial charge >= 0.3 is 0 Å². The number of hydrogen-bond acceptors (Lipinski definition) is 3. The topological polar surface area (TPSA) is 49.3 Å². The Morgan fingerprint density at radius 1 is 1.27 bits per heavy atom. The molecule has 2 aromatic rings. The monoisotopic (exact) mass is 335 g/mol. The molecule has 22 heavy (non-hydrogen) atoms. The first kappa shape index (κ1) is 16.9. The molecule has 2 aromatic carbocycles. The summed E-state index contributed by atoms with van der Waals surface area (Å²) < 4.78 is 0. The van der Waals surface area contributed by atoms with E-state index < -0.39 is 0 Å². The molecule has 0 saturated carbocycles. The Labute approximate surface area is 139 Å². The van der Waals surface area contributed by atoms with Crippen molar-refractivity contribution < 1.29 is 9.90 Å². The van der Waals surface area contributed by atoms with Crippen LogP contribution in [0.5, 0.6) is 0 Å². The van der Waals surface area contributed by atoms with Gasteiger partial charge in [0.15, 0.2) is 0 Å². The highest BCUT2D eigenvalue weighted by molar-refractivity contribution is 7.98. The fraction of sp³-hybridized carbons (Fsp3) is 0.235. The standard InChI is InChI=1S/C17H18ClNO2S/c1-22-13-7-8-15(18)14(11-13)17(21)19-16(9-10-20)12-5-3-2-4-6-12/h2-8,11,16,20H,9-10H2,1H3,(H,19,21). The lowest BCUT2D eigenvalue weighted by Gasteiger charge is -2.19. The van der Waals surface area contributed by atoms with Crippen LogP contribution in [-0.2, 0) is 0 Å². The van der Waals surface area contributed by atoms with Gasteiger partial charge in [-0.25, -0.2) is 0 Å². The minimum Gasteiger partial charge on any atom is -0.396 e. The van der Waals surface area contributed by atoms with Crippen molar-refractivity contribution in [2.24, 2.45) is 0 Å². The number of amides is 1. The highest BCUT2D eigenvalue weighted by atomic mass is 35.5. The molecule has 0 heterocycles. The van der Waals surface area contributed by atoms with Crippen LogP contribution in [0, 0.1) is 0 Å². The molecule has 1 unspecified atom stereocenters. The largest absolute Gasteiger partial charge is 0.396 e. The third-order valence-electron chi connectivity index (χ3n) is 3.34. The van der Waals surface area contributed by atoms with Gasteiger partial charge in [-0.15, -0.1) is 11.8 Å². The zero-order valence-corrected chi connectivity index (χ0v) is 13.8. The Bertz CT molecular complexity index is 634. The zero-order valence-electron chi connectivity index (χ0n) is 12.3. The summed E-state index contributed by atoms with van der Waals surface area (Å²) >= 11 is 7.69. The molecule has 0 spiro atoms.